The number of ether oxygens (including phenoxy) is 1. The van der Waals surface area contributed by atoms with Crippen LogP contribution in [0.5, 0.6) is 5.75 Å². The monoisotopic (exact) mass is 322 g/mol. The first kappa shape index (κ1) is 15.0. The third-order valence-electron chi connectivity index (χ3n) is 4.25. The maximum Gasteiger partial charge on any atom is 0.191 e. The molecule has 1 atom stereocenters. The van der Waals surface area contributed by atoms with E-state index in [1.165, 1.54) is 18.4 Å². The van der Waals surface area contributed by atoms with Gasteiger partial charge in [0.25, 0.3) is 0 Å². The molecule has 4 rings (SSSR count). The first-order chi connectivity index (χ1) is 11.9. The molecule has 0 unspecified atom stereocenters. The summed E-state index contributed by atoms with van der Waals surface area (Å²) in [6.07, 6.45) is 5.34. The number of aliphatic imine (C=N–C) groups is 1. The van der Waals surface area contributed by atoms with E-state index in [0.29, 0.717) is 12.6 Å². The lowest BCUT2D eigenvalue weighted by molar-refractivity contribution is 0.235. The lowest BCUT2D eigenvalue weighted by atomic mass is 10.1. The molecule has 1 aliphatic heterocycles. The number of para-hydroxylation sites is 1. The minimum atomic E-state index is 0.156. The van der Waals surface area contributed by atoms with Gasteiger partial charge in [-0.3, -0.25) is 4.98 Å². The summed E-state index contributed by atoms with van der Waals surface area (Å²) in [6.45, 7) is 1.32. The number of pyridine rings is 1. The molecular weight excluding hydrogens is 300 g/mol. The molecule has 24 heavy (non-hydrogen) atoms. The van der Waals surface area contributed by atoms with Gasteiger partial charge in [-0.05, 0) is 36.6 Å². The minimum absolute atomic E-state index is 0.156. The fourth-order valence-electron chi connectivity index (χ4n) is 2.80. The maximum absolute atomic E-state index is 5.98. The number of fused-ring (bicyclic) bond motifs is 1. The zero-order valence-electron chi connectivity index (χ0n) is 13.6. The number of hydrogen-bond acceptors (Lipinski definition) is 3. The van der Waals surface area contributed by atoms with Gasteiger partial charge in [-0.25, -0.2) is 4.99 Å². The number of nitrogens with zero attached hydrogens (tertiary/aromatic N) is 2. The topological polar surface area (TPSA) is 58.5 Å². The van der Waals surface area contributed by atoms with Gasteiger partial charge in [-0.2, -0.15) is 0 Å². The predicted octanol–water partition coefficient (Wildman–Crippen LogP) is 2.28. The Kier molecular flexibility index (Phi) is 4.32. The second-order valence-electron chi connectivity index (χ2n) is 6.34. The van der Waals surface area contributed by atoms with Crippen LogP contribution in [0.15, 0.2) is 53.7 Å². The molecule has 5 heteroatoms. The molecule has 0 spiro atoms. The molecule has 2 aliphatic rings. The first-order valence-corrected chi connectivity index (χ1v) is 8.56. The number of rotatable bonds is 5. The van der Waals surface area contributed by atoms with E-state index in [0.717, 1.165) is 30.4 Å². The van der Waals surface area contributed by atoms with Gasteiger partial charge in [-0.15, -0.1) is 0 Å². The highest BCUT2D eigenvalue weighted by Crippen LogP contribution is 2.27. The zero-order valence-corrected chi connectivity index (χ0v) is 13.6. The van der Waals surface area contributed by atoms with Crippen molar-refractivity contribution in [3.63, 3.8) is 0 Å². The molecule has 0 amide bonds. The lowest BCUT2D eigenvalue weighted by Crippen LogP contribution is -2.43. The van der Waals surface area contributed by atoms with Gasteiger partial charge in [0, 0.05) is 18.7 Å². The van der Waals surface area contributed by atoms with E-state index >= 15 is 0 Å². The smallest absolute Gasteiger partial charge is 0.191 e. The maximum atomic E-state index is 5.98. The summed E-state index contributed by atoms with van der Waals surface area (Å²) in [5, 5.41) is 6.89. The fraction of sp³-hybridized carbons (Fsp3) is 0.368. The van der Waals surface area contributed by atoms with Crippen LogP contribution in [0.25, 0.3) is 0 Å². The van der Waals surface area contributed by atoms with Gasteiger partial charge in [0.15, 0.2) is 5.96 Å². The van der Waals surface area contributed by atoms with Crippen molar-refractivity contribution in [3.05, 3.63) is 59.9 Å². The number of aromatic nitrogens is 1. The van der Waals surface area contributed by atoms with Crippen molar-refractivity contribution in [3.8, 4) is 5.75 Å². The molecule has 1 aliphatic carbocycles. The van der Waals surface area contributed by atoms with Crippen molar-refractivity contribution < 1.29 is 4.74 Å². The van der Waals surface area contributed by atoms with Gasteiger partial charge in [-0.1, -0.05) is 24.3 Å². The summed E-state index contributed by atoms with van der Waals surface area (Å²) >= 11 is 0. The van der Waals surface area contributed by atoms with Gasteiger partial charge in [0.2, 0.25) is 0 Å². The summed E-state index contributed by atoms with van der Waals surface area (Å²) in [5.41, 5.74) is 2.25. The van der Waals surface area contributed by atoms with Crippen LogP contribution >= 0.6 is 0 Å². The van der Waals surface area contributed by atoms with Crippen LogP contribution < -0.4 is 15.4 Å². The van der Waals surface area contributed by atoms with E-state index in [-0.39, 0.29) is 6.10 Å². The van der Waals surface area contributed by atoms with Crippen molar-refractivity contribution >= 4 is 5.96 Å². The van der Waals surface area contributed by atoms with Crippen LogP contribution in [0.2, 0.25) is 0 Å². The van der Waals surface area contributed by atoms with Crippen molar-refractivity contribution in [2.24, 2.45) is 4.99 Å². The highest BCUT2D eigenvalue weighted by atomic mass is 16.5. The average Bonchev–Trinajstić information content (AvgIpc) is 3.34. The Balaban J connectivity index is 1.34. The number of hydrogen-bond donors (Lipinski definition) is 2. The molecular formula is C19H22N4O. The van der Waals surface area contributed by atoms with E-state index in [4.69, 9.17) is 4.74 Å². The summed E-state index contributed by atoms with van der Waals surface area (Å²) in [6, 6.07) is 14.7. The Morgan fingerprint density at radius 3 is 2.83 bits per heavy atom. The lowest BCUT2D eigenvalue weighted by Gasteiger charge is -2.15. The summed E-state index contributed by atoms with van der Waals surface area (Å²) in [7, 11) is 0. The van der Waals surface area contributed by atoms with Crippen molar-refractivity contribution in [2.45, 2.75) is 38.0 Å². The number of benzene rings is 1. The fourth-order valence-corrected chi connectivity index (χ4v) is 2.80. The van der Waals surface area contributed by atoms with E-state index in [1.807, 2.05) is 30.3 Å². The molecule has 0 radical (unpaired) electrons. The van der Waals surface area contributed by atoms with Crippen molar-refractivity contribution in [2.75, 3.05) is 6.54 Å². The Morgan fingerprint density at radius 2 is 2.04 bits per heavy atom. The third kappa shape index (κ3) is 3.85. The summed E-state index contributed by atoms with van der Waals surface area (Å²) in [4.78, 5) is 8.98. The molecule has 124 valence electrons. The second kappa shape index (κ2) is 6.91. The van der Waals surface area contributed by atoms with Crippen molar-refractivity contribution in [1.82, 2.24) is 15.6 Å². The van der Waals surface area contributed by atoms with E-state index in [9.17, 15) is 0 Å². The molecule has 1 aromatic carbocycles. The van der Waals surface area contributed by atoms with Gasteiger partial charge in [0.05, 0.1) is 18.8 Å². The highest BCUT2D eigenvalue weighted by molar-refractivity contribution is 5.80. The van der Waals surface area contributed by atoms with Crippen LogP contribution in [0.3, 0.4) is 0 Å². The van der Waals surface area contributed by atoms with Gasteiger partial charge in [0.1, 0.15) is 11.9 Å². The van der Waals surface area contributed by atoms with E-state index in [2.05, 4.69) is 32.7 Å². The van der Waals surface area contributed by atoms with Crippen LogP contribution in [0.1, 0.15) is 24.1 Å². The van der Waals surface area contributed by atoms with Crippen LogP contribution in [0.4, 0.5) is 0 Å². The summed E-state index contributed by atoms with van der Waals surface area (Å²) in [5.74, 6) is 1.86. The molecule has 2 aromatic rings. The van der Waals surface area contributed by atoms with Crippen molar-refractivity contribution in [1.29, 1.82) is 0 Å². The SMILES string of the molecule is c1ccc(CN=C(NC[C@@H]2Cc3ccccc3O2)NC2CC2)nc1. The standard InChI is InChI=1S/C19H22N4O/c1-2-7-18-14(5-1)11-17(24-18)13-22-19(23-15-8-9-15)21-12-16-6-3-4-10-20-16/h1-7,10,15,17H,8-9,11-13H2,(H2,21,22,23)/t17-/m0/s1. The molecule has 2 N–H and O–H groups in total. The van der Waals surface area contributed by atoms with E-state index < -0.39 is 0 Å². The zero-order chi connectivity index (χ0) is 16.2. The largest absolute Gasteiger partial charge is 0.488 e. The van der Waals surface area contributed by atoms with Crippen LogP contribution in [-0.4, -0.2) is 29.6 Å². The molecule has 1 aromatic heterocycles. The molecule has 0 bridgehead atoms. The number of nitrogens with one attached hydrogen (secondary N) is 2. The summed E-state index contributed by atoms with van der Waals surface area (Å²) < 4.78 is 5.98. The Morgan fingerprint density at radius 1 is 1.17 bits per heavy atom. The van der Waals surface area contributed by atoms with Crippen LogP contribution in [-0.2, 0) is 13.0 Å². The van der Waals surface area contributed by atoms with Gasteiger partial charge < -0.3 is 15.4 Å². The predicted molar refractivity (Wildman–Crippen MR) is 94.1 cm³/mol. The minimum Gasteiger partial charge on any atom is -0.488 e. The highest BCUT2D eigenvalue weighted by Gasteiger charge is 2.25. The number of guanidine groups is 1. The second-order valence-corrected chi connectivity index (χ2v) is 6.34. The Hall–Kier alpha value is -2.56. The van der Waals surface area contributed by atoms with Gasteiger partial charge >= 0.3 is 0 Å². The molecule has 5 nitrogen and oxygen atoms in total. The normalized spacial score (nSPS) is 19.5. The van der Waals surface area contributed by atoms with E-state index in [1.54, 1.807) is 6.20 Å². The molecule has 1 fully saturated rings. The Bertz CT molecular complexity index is 687. The molecule has 1 saturated carbocycles. The third-order valence-corrected chi connectivity index (χ3v) is 4.25. The Labute approximate surface area is 142 Å². The average molecular weight is 322 g/mol. The first-order valence-electron chi connectivity index (χ1n) is 8.56. The molecule has 0 saturated heterocycles. The molecule has 2 heterocycles. The quantitative estimate of drug-likeness (QED) is 0.655. The van der Waals surface area contributed by atoms with Crippen LogP contribution in [0, 0.1) is 0 Å².